The van der Waals surface area contributed by atoms with Gasteiger partial charge in [-0.05, 0) is 75.1 Å². The minimum Gasteiger partial charge on any atom is -0.491 e. The Morgan fingerprint density at radius 1 is 1.16 bits per heavy atom. The smallest absolute Gasteiger partial charge is 0.234 e. The normalized spacial score (nSPS) is 26.3. The zero-order valence-corrected chi connectivity index (χ0v) is 21.2. The predicted molar refractivity (Wildman–Crippen MR) is 142 cm³/mol. The summed E-state index contributed by atoms with van der Waals surface area (Å²) in [5.74, 6) is 1.65. The molecule has 1 unspecified atom stereocenters. The van der Waals surface area contributed by atoms with Crippen molar-refractivity contribution in [3.63, 3.8) is 0 Å². The van der Waals surface area contributed by atoms with Crippen molar-refractivity contribution in [2.24, 2.45) is 11.7 Å². The highest BCUT2D eigenvalue weighted by atomic mass is 16.5. The van der Waals surface area contributed by atoms with E-state index in [1.807, 2.05) is 12.1 Å². The van der Waals surface area contributed by atoms with E-state index in [0.717, 1.165) is 86.1 Å². The molecule has 3 aliphatic rings. The van der Waals surface area contributed by atoms with Gasteiger partial charge in [-0.3, -0.25) is 9.69 Å². The summed E-state index contributed by atoms with van der Waals surface area (Å²) in [5, 5.41) is 0.882. The molecule has 4 N–H and O–H groups in total. The largest absolute Gasteiger partial charge is 0.491 e. The van der Waals surface area contributed by atoms with Gasteiger partial charge < -0.3 is 25.5 Å². The SMILES string of the molecule is NC(=O)C1CCCN1CC1CC(n2cc(-c3cccc(OC[C@H]4CCCCO4)c3)c3c(N)ncnc32)C1. The van der Waals surface area contributed by atoms with Crippen LogP contribution in [0.25, 0.3) is 22.2 Å². The molecule has 3 aromatic rings. The van der Waals surface area contributed by atoms with Crippen LogP contribution in [0, 0.1) is 5.92 Å². The third-order valence-electron chi connectivity index (χ3n) is 8.28. The molecule has 1 amide bonds. The fourth-order valence-electron chi connectivity index (χ4n) is 6.26. The molecule has 4 heterocycles. The molecule has 0 bridgehead atoms. The van der Waals surface area contributed by atoms with Crippen molar-refractivity contribution in [2.45, 2.75) is 63.1 Å². The number of benzene rings is 1. The van der Waals surface area contributed by atoms with Gasteiger partial charge in [0.1, 0.15) is 30.1 Å². The number of primary amides is 1. The molecule has 6 rings (SSSR count). The van der Waals surface area contributed by atoms with E-state index in [9.17, 15) is 4.79 Å². The number of hydrogen-bond acceptors (Lipinski definition) is 7. The Hall–Kier alpha value is -3.17. The van der Waals surface area contributed by atoms with E-state index in [0.29, 0.717) is 24.4 Å². The molecule has 1 aromatic carbocycles. The number of fused-ring (bicyclic) bond motifs is 1. The second-order valence-electron chi connectivity index (χ2n) is 10.8. The van der Waals surface area contributed by atoms with E-state index in [-0.39, 0.29) is 18.1 Å². The minimum atomic E-state index is -0.195. The van der Waals surface area contributed by atoms with Gasteiger partial charge in [0.15, 0.2) is 0 Å². The quantitative estimate of drug-likeness (QED) is 0.481. The second-order valence-corrected chi connectivity index (χ2v) is 10.8. The molecule has 2 aromatic heterocycles. The topological polar surface area (TPSA) is 122 Å². The van der Waals surface area contributed by atoms with Gasteiger partial charge >= 0.3 is 0 Å². The first kappa shape index (κ1) is 24.2. The van der Waals surface area contributed by atoms with Crippen LogP contribution in [0.3, 0.4) is 0 Å². The molecule has 0 spiro atoms. The molecule has 2 atom stereocenters. The summed E-state index contributed by atoms with van der Waals surface area (Å²) in [6.45, 7) is 3.27. The molecule has 37 heavy (non-hydrogen) atoms. The van der Waals surface area contributed by atoms with Gasteiger partial charge in [0.2, 0.25) is 5.91 Å². The summed E-state index contributed by atoms with van der Waals surface area (Å²) in [5.41, 5.74) is 14.9. The van der Waals surface area contributed by atoms with Crippen molar-refractivity contribution in [1.82, 2.24) is 19.4 Å². The Kier molecular flexibility index (Phi) is 6.73. The van der Waals surface area contributed by atoms with Crippen molar-refractivity contribution >= 4 is 22.8 Å². The Morgan fingerprint density at radius 3 is 2.86 bits per heavy atom. The molecule has 3 fully saturated rings. The summed E-state index contributed by atoms with van der Waals surface area (Å²) >= 11 is 0. The minimum absolute atomic E-state index is 0.107. The first-order valence-electron chi connectivity index (χ1n) is 13.6. The van der Waals surface area contributed by atoms with Gasteiger partial charge in [0.25, 0.3) is 0 Å². The Bertz CT molecular complexity index is 1260. The van der Waals surface area contributed by atoms with Crippen molar-refractivity contribution in [3.05, 3.63) is 36.8 Å². The van der Waals surface area contributed by atoms with Crippen LogP contribution >= 0.6 is 0 Å². The molecule has 1 aliphatic carbocycles. The molecule has 9 heteroatoms. The maximum Gasteiger partial charge on any atom is 0.234 e. The van der Waals surface area contributed by atoms with E-state index >= 15 is 0 Å². The van der Waals surface area contributed by atoms with E-state index in [2.05, 4.69) is 37.8 Å². The van der Waals surface area contributed by atoms with Gasteiger partial charge in [0.05, 0.1) is 17.5 Å². The van der Waals surface area contributed by atoms with Crippen LogP contribution in [0.15, 0.2) is 36.8 Å². The zero-order valence-electron chi connectivity index (χ0n) is 21.2. The van der Waals surface area contributed by atoms with Crippen LogP contribution < -0.4 is 16.2 Å². The number of carbonyl (C=O) groups excluding carboxylic acids is 1. The summed E-state index contributed by atoms with van der Waals surface area (Å²) in [7, 11) is 0. The molecule has 9 nitrogen and oxygen atoms in total. The molecule has 0 radical (unpaired) electrons. The lowest BCUT2D eigenvalue weighted by atomic mass is 9.79. The monoisotopic (exact) mass is 504 g/mol. The van der Waals surface area contributed by atoms with Crippen molar-refractivity contribution < 1.29 is 14.3 Å². The molecular weight excluding hydrogens is 468 g/mol. The average Bonchev–Trinajstić information content (AvgIpc) is 3.51. The number of nitrogens with two attached hydrogens (primary N) is 2. The second kappa shape index (κ2) is 10.3. The summed E-state index contributed by atoms with van der Waals surface area (Å²) in [4.78, 5) is 23.0. The maximum atomic E-state index is 11.8. The number of carbonyl (C=O) groups is 1. The number of likely N-dealkylation sites (tertiary alicyclic amines) is 1. The number of ether oxygens (including phenoxy) is 2. The fourth-order valence-corrected chi connectivity index (χ4v) is 6.26. The molecular formula is C28H36N6O3. The zero-order chi connectivity index (χ0) is 25.4. The van der Waals surface area contributed by atoms with Gasteiger partial charge in [-0.1, -0.05) is 12.1 Å². The van der Waals surface area contributed by atoms with Crippen LogP contribution in [0.2, 0.25) is 0 Å². The highest BCUT2D eigenvalue weighted by molar-refractivity contribution is 6.00. The maximum absolute atomic E-state index is 11.8. The van der Waals surface area contributed by atoms with Crippen LogP contribution in [0.4, 0.5) is 5.82 Å². The molecule has 2 aliphatic heterocycles. The molecule has 1 saturated carbocycles. The van der Waals surface area contributed by atoms with Crippen LogP contribution in [0.1, 0.15) is 51.0 Å². The summed E-state index contributed by atoms with van der Waals surface area (Å²) < 4.78 is 14.2. The first-order chi connectivity index (χ1) is 18.1. The number of hydrogen-bond donors (Lipinski definition) is 2. The average molecular weight is 505 g/mol. The van der Waals surface area contributed by atoms with Gasteiger partial charge in [-0.15, -0.1) is 0 Å². The lowest BCUT2D eigenvalue weighted by Crippen LogP contribution is -2.44. The van der Waals surface area contributed by atoms with E-state index < -0.39 is 0 Å². The predicted octanol–water partition coefficient (Wildman–Crippen LogP) is 3.53. The molecule has 2 saturated heterocycles. The summed E-state index contributed by atoms with van der Waals surface area (Å²) in [6.07, 6.45) is 11.2. The number of nitrogen functional groups attached to an aromatic ring is 1. The number of anilines is 1. The van der Waals surface area contributed by atoms with Crippen LogP contribution in [-0.2, 0) is 9.53 Å². The third kappa shape index (κ3) is 4.90. The number of rotatable bonds is 8. The third-order valence-corrected chi connectivity index (χ3v) is 8.28. The standard InChI is InChI=1S/C28H36N6O3/c29-26-25-23(19-5-3-7-21(13-19)37-16-22-6-1-2-10-36-22)15-34(28(25)32-17-31-26)20-11-18(12-20)14-33-9-4-8-24(33)27(30)35/h3,5,7,13,15,17-18,20,22,24H,1-2,4,6,8-12,14,16H2,(H2,30,35)(H2,29,31,32)/t18?,20?,22-,24?/m1/s1. The van der Waals surface area contributed by atoms with Crippen LogP contribution in [0.5, 0.6) is 5.75 Å². The van der Waals surface area contributed by atoms with Crippen LogP contribution in [-0.4, -0.2) is 63.8 Å². The molecule has 196 valence electrons. The van der Waals surface area contributed by atoms with Gasteiger partial charge in [-0.2, -0.15) is 0 Å². The first-order valence-corrected chi connectivity index (χ1v) is 13.6. The van der Waals surface area contributed by atoms with E-state index in [1.54, 1.807) is 6.33 Å². The fraction of sp³-hybridized carbons (Fsp3) is 0.536. The lowest BCUT2D eigenvalue weighted by Gasteiger charge is -2.39. The van der Waals surface area contributed by atoms with Crippen molar-refractivity contribution in [2.75, 3.05) is 32.0 Å². The number of amides is 1. The highest BCUT2D eigenvalue weighted by Gasteiger charge is 2.37. The van der Waals surface area contributed by atoms with Gasteiger partial charge in [-0.25, -0.2) is 9.97 Å². The van der Waals surface area contributed by atoms with Crippen molar-refractivity contribution in [3.8, 4) is 16.9 Å². The Morgan fingerprint density at radius 2 is 2.05 bits per heavy atom. The number of aromatic nitrogens is 3. The van der Waals surface area contributed by atoms with Gasteiger partial charge in [0, 0.05) is 31.0 Å². The Labute approximate surface area is 217 Å². The Balaban J connectivity index is 1.20. The van der Waals surface area contributed by atoms with Crippen molar-refractivity contribution in [1.29, 1.82) is 0 Å². The highest BCUT2D eigenvalue weighted by Crippen LogP contribution is 2.44. The summed E-state index contributed by atoms with van der Waals surface area (Å²) in [6, 6.07) is 8.38. The number of nitrogens with zero attached hydrogens (tertiary/aromatic N) is 4. The van der Waals surface area contributed by atoms with E-state index in [1.165, 1.54) is 6.42 Å². The van der Waals surface area contributed by atoms with E-state index in [4.69, 9.17) is 20.9 Å². The lowest BCUT2D eigenvalue weighted by molar-refractivity contribution is -0.122.